The molecule has 2 aliphatic heterocycles. The summed E-state index contributed by atoms with van der Waals surface area (Å²) in [6.45, 7) is 0.404. The van der Waals surface area contributed by atoms with Gasteiger partial charge < -0.3 is 4.57 Å². The third kappa shape index (κ3) is 2.80. The van der Waals surface area contributed by atoms with Gasteiger partial charge in [-0.2, -0.15) is 10.1 Å². The number of nitrogens with zero attached hydrogens (tertiary/aromatic N) is 6. The van der Waals surface area contributed by atoms with Crippen molar-refractivity contribution in [2.45, 2.75) is 6.54 Å². The Morgan fingerprint density at radius 1 is 1.12 bits per heavy atom. The highest BCUT2D eigenvalue weighted by Gasteiger charge is 2.19. The van der Waals surface area contributed by atoms with E-state index in [1.54, 1.807) is 54.5 Å². The molecule has 0 radical (unpaired) electrons. The van der Waals surface area contributed by atoms with E-state index < -0.39 is 11.2 Å². The maximum Gasteiger partial charge on any atom is 0.358 e. The molecule has 0 spiro atoms. The van der Waals surface area contributed by atoms with E-state index in [2.05, 4.69) is 15.1 Å². The van der Waals surface area contributed by atoms with E-state index in [0.717, 1.165) is 10.1 Å². The van der Waals surface area contributed by atoms with Crippen molar-refractivity contribution in [1.82, 2.24) is 28.9 Å². The lowest BCUT2D eigenvalue weighted by atomic mass is 10.2. The minimum absolute atomic E-state index is 0.245. The molecule has 0 N–H and O–H groups in total. The molecule has 0 saturated heterocycles. The Balaban J connectivity index is 1.86. The molecule has 0 unspecified atom stereocenters. The van der Waals surface area contributed by atoms with Gasteiger partial charge in [0.1, 0.15) is 5.15 Å². The van der Waals surface area contributed by atoms with E-state index >= 15 is 0 Å². The van der Waals surface area contributed by atoms with Gasteiger partial charge in [-0.15, -0.1) is 0 Å². The molecule has 9 heteroatoms. The molecule has 8 nitrogen and oxygen atoms in total. The molecule has 2 aromatic rings. The third-order valence-corrected chi connectivity index (χ3v) is 4.16. The van der Waals surface area contributed by atoms with E-state index in [1.807, 2.05) is 6.07 Å². The molecule has 0 aromatic carbocycles. The van der Waals surface area contributed by atoms with Crippen LogP contribution in [-0.2, 0) is 13.6 Å². The van der Waals surface area contributed by atoms with Crippen LogP contribution >= 0.6 is 11.6 Å². The summed E-state index contributed by atoms with van der Waals surface area (Å²) < 4.78 is 4.21. The van der Waals surface area contributed by atoms with Crippen molar-refractivity contribution in [1.29, 1.82) is 0 Å². The fourth-order valence-electron chi connectivity index (χ4n) is 2.73. The van der Waals surface area contributed by atoms with E-state index in [1.165, 1.54) is 4.68 Å². The van der Waals surface area contributed by atoms with Crippen LogP contribution in [0.4, 0.5) is 0 Å². The number of hydrogen-bond donors (Lipinski definition) is 0. The number of halogens is 1. The smallest absolute Gasteiger partial charge is 0.328 e. The van der Waals surface area contributed by atoms with E-state index in [-0.39, 0.29) is 5.82 Å². The topological polar surface area (TPSA) is 87.6 Å². The van der Waals surface area contributed by atoms with Crippen molar-refractivity contribution in [3.05, 3.63) is 80.5 Å². The van der Waals surface area contributed by atoms with Crippen molar-refractivity contribution in [3.8, 4) is 17.2 Å². The fourth-order valence-corrected chi connectivity index (χ4v) is 2.84. The Labute approximate surface area is 152 Å². The first kappa shape index (κ1) is 16.2. The Morgan fingerprint density at radius 2 is 1.96 bits per heavy atom. The Hall–Kier alpha value is -3.26. The Kier molecular flexibility index (Phi) is 3.89. The molecule has 4 heterocycles. The van der Waals surface area contributed by atoms with Crippen LogP contribution in [0, 0.1) is 0 Å². The van der Waals surface area contributed by atoms with Gasteiger partial charge in [0.15, 0.2) is 11.6 Å². The van der Waals surface area contributed by atoms with Crippen molar-refractivity contribution in [3.63, 3.8) is 0 Å². The van der Waals surface area contributed by atoms with Gasteiger partial charge in [0.25, 0.3) is 5.56 Å². The van der Waals surface area contributed by atoms with Crippen LogP contribution in [0.5, 0.6) is 0 Å². The second-order valence-corrected chi connectivity index (χ2v) is 6.13. The summed E-state index contributed by atoms with van der Waals surface area (Å²) >= 11 is 5.81. The highest BCUT2D eigenvalue weighted by atomic mass is 35.5. The zero-order chi connectivity index (χ0) is 18.3. The number of pyridine rings is 2. The zero-order valence-electron chi connectivity index (χ0n) is 13.7. The summed E-state index contributed by atoms with van der Waals surface area (Å²) in [4.78, 5) is 33.5. The molecule has 0 fully saturated rings. The average molecular weight is 369 g/mol. The lowest BCUT2D eigenvalue weighted by Crippen LogP contribution is -2.37. The second-order valence-electron chi connectivity index (χ2n) is 5.75. The van der Waals surface area contributed by atoms with Crippen LogP contribution < -0.4 is 11.2 Å². The standard InChI is InChI=1S/C17H13ClN6O2/c1-22-8-6-14(21-22)24-16(25)12-3-2-7-23(15(12)20-17(24)26)10-11-4-5-13(18)19-9-11/h2-9H,10H2,1H3. The molecular formula is C17H13ClN6O2. The molecule has 26 heavy (non-hydrogen) atoms. The molecule has 2 aliphatic rings. The summed E-state index contributed by atoms with van der Waals surface area (Å²) in [7, 11) is 1.71. The van der Waals surface area contributed by atoms with Gasteiger partial charge in [0, 0.05) is 31.7 Å². The van der Waals surface area contributed by atoms with Gasteiger partial charge in [-0.1, -0.05) is 17.7 Å². The van der Waals surface area contributed by atoms with Crippen molar-refractivity contribution < 1.29 is 0 Å². The molecule has 0 bridgehead atoms. The summed E-state index contributed by atoms with van der Waals surface area (Å²) in [5, 5.41) is 4.52. The second kappa shape index (κ2) is 6.23. The lowest BCUT2D eigenvalue weighted by molar-refractivity contribution is 0.719. The van der Waals surface area contributed by atoms with Crippen molar-refractivity contribution in [2.24, 2.45) is 7.05 Å². The normalized spacial score (nSPS) is 11.2. The molecule has 0 saturated carbocycles. The van der Waals surface area contributed by atoms with Crippen LogP contribution in [0.15, 0.2) is 58.5 Å². The third-order valence-electron chi connectivity index (χ3n) is 3.94. The quantitative estimate of drug-likeness (QED) is 0.509. The Bertz CT molecular complexity index is 1180. The summed E-state index contributed by atoms with van der Waals surface area (Å²) in [5.74, 6) is 0.554. The zero-order valence-corrected chi connectivity index (χ0v) is 14.5. The van der Waals surface area contributed by atoms with Gasteiger partial charge in [0.2, 0.25) is 0 Å². The largest absolute Gasteiger partial charge is 0.358 e. The van der Waals surface area contributed by atoms with Gasteiger partial charge in [0.05, 0.1) is 12.1 Å². The predicted molar refractivity (Wildman–Crippen MR) is 95.8 cm³/mol. The molecule has 130 valence electrons. The number of hydrogen-bond acceptors (Lipinski definition) is 5. The molecule has 2 aromatic heterocycles. The lowest BCUT2D eigenvalue weighted by Gasteiger charge is -2.14. The van der Waals surface area contributed by atoms with Gasteiger partial charge >= 0.3 is 5.69 Å². The Morgan fingerprint density at radius 3 is 2.65 bits per heavy atom. The van der Waals surface area contributed by atoms with Crippen molar-refractivity contribution >= 4 is 11.6 Å². The van der Waals surface area contributed by atoms with Crippen LogP contribution in [-0.4, -0.2) is 28.9 Å². The van der Waals surface area contributed by atoms with E-state index in [4.69, 9.17) is 11.6 Å². The fraction of sp³-hybridized carbons (Fsp3) is 0.118. The van der Waals surface area contributed by atoms with Crippen LogP contribution in [0.25, 0.3) is 17.2 Å². The van der Waals surface area contributed by atoms with Crippen molar-refractivity contribution in [2.75, 3.05) is 0 Å². The van der Waals surface area contributed by atoms with Crippen LogP contribution in [0.2, 0.25) is 5.15 Å². The number of aromatic nitrogens is 6. The van der Waals surface area contributed by atoms with E-state index in [0.29, 0.717) is 23.1 Å². The SMILES string of the molecule is Cn1ccc(-n2c(=O)nc3n(Cc4ccc(Cl)nc4)cccc-3c2=O)n1. The first-order chi connectivity index (χ1) is 12.5. The molecule has 4 rings (SSSR count). The van der Waals surface area contributed by atoms with Gasteiger partial charge in [-0.3, -0.25) is 9.48 Å². The number of aryl methyl sites for hydroxylation is 1. The molecule has 0 aliphatic carbocycles. The van der Waals surface area contributed by atoms with Crippen LogP contribution in [0.1, 0.15) is 5.56 Å². The predicted octanol–water partition coefficient (Wildman–Crippen LogP) is 1.33. The first-order valence-electron chi connectivity index (χ1n) is 7.75. The minimum atomic E-state index is -0.671. The number of rotatable bonds is 3. The summed E-state index contributed by atoms with van der Waals surface area (Å²) in [6, 6.07) is 8.48. The van der Waals surface area contributed by atoms with E-state index in [9.17, 15) is 9.59 Å². The highest BCUT2D eigenvalue weighted by Crippen LogP contribution is 2.16. The molecular weight excluding hydrogens is 356 g/mol. The summed E-state index contributed by atoms with van der Waals surface area (Å²) in [6.07, 6.45) is 5.05. The highest BCUT2D eigenvalue weighted by molar-refractivity contribution is 6.29. The maximum atomic E-state index is 12.8. The number of fused-ring (bicyclic) bond motifs is 1. The molecule has 0 atom stereocenters. The van der Waals surface area contributed by atoms with Crippen LogP contribution in [0.3, 0.4) is 0 Å². The maximum absolute atomic E-state index is 12.8. The van der Waals surface area contributed by atoms with Gasteiger partial charge in [-0.05, 0) is 23.8 Å². The first-order valence-corrected chi connectivity index (χ1v) is 8.13. The summed E-state index contributed by atoms with van der Waals surface area (Å²) in [5.41, 5.74) is 0.0763. The average Bonchev–Trinajstić information content (AvgIpc) is 3.04. The molecule has 0 amide bonds. The minimum Gasteiger partial charge on any atom is -0.328 e. The monoisotopic (exact) mass is 368 g/mol. The van der Waals surface area contributed by atoms with Gasteiger partial charge in [-0.25, -0.2) is 14.3 Å².